The molecule has 0 saturated carbocycles. The van der Waals surface area contributed by atoms with E-state index in [1.165, 1.54) is 38.2 Å². The number of hydrogen-bond acceptors (Lipinski definition) is 27. The fourth-order valence-electron chi connectivity index (χ4n) is 15.9. The third-order valence-electron chi connectivity index (χ3n) is 25.3. The number of H-pyrrole nitrogens is 1. The number of carboxylic acid groups (broad SMARTS) is 4. The van der Waals surface area contributed by atoms with Crippen LogP contribution < -0.4 is 112 Å². The van der Waals surface area contributed by atoms with E-state index >= 15 is 0 Å². The number of amides is 19. The van der Waals surface area contributed by atoms with Crippen molar-refractivity contribution in [2.75, 3.05) is 52.4 Å². The number of aliphatic hydroxyl groups is 1. The van der Waals surface area contributed by atoms with Gasteiger partial charge in [-0.15, -0.1) is 0 Å². The normalized spacial score (nSPS) is 16.5. The highest BCUT2D eigenvalue weighted by Gasteiger charge is 2.44. The predicted octanol–water partition coefficient (Wildman–Crippen LogP) is -6.16. The van der Waals surface area contributed by atoms with E-state index in [1.807, 2.05) is 0 Å². The molecule has 3 heterocycles. The molecule has 0 bridgehead atoms. The lowest BCUT2D eigenvalue weighted by Gasteiger charge is -2.32. The number of imidazole rings is 1. The van der Waals surface area contributed by atoms with Crippen molar-refractivity contribution in [1.29, 1.82) is 5.41 Å². The smallest absolute Gasteiger partial charge is 0.326 e. The number of aliphatic hydroxyl groups excluding tert-OH is 1. The molecule has 1 aromatic heterocycles. The van der Waals surface area contributed by atoms with Crippen LogP contribution in [0, 0.1) is 35.0 Å². The van der Waals surface area contributed by atoms with E-state index in [0.717, 1.165) is 13.3 Å². The van der Waals surface area contributed by atoms with Gasteiger partial charge in [-0.2, -0.15) is 0 Å². The molecule has 2 aromatic carbocycles. The highest BCUT2D eigenvalue weighted by molar-refractivity contribution is 6.02. The first-order valence-corrected chi connectivity index (χ1v) is 50.0. The van der Waals surface area contributed by atoms with Crippen LogP contribution in [0.15, 0.2) is 73.2 Å². The molecule has 29 N–H and O–H groups in total. The average Bonchev–Trinajstić information content (AvgIpc) is 1.61. The molecule has 828 valence electrons. The quantitative estimate of drug-likeness (QED) is 0.0142. The Morgan fingerprint density at radius 3 is 1.33 bits per heavy atom. The molecule has 53 heteroatoms. The number of rotatable bonds is 66. The van der Waals surface area contributed by atoms with Gasteiger partial charge in [0, 0.05) is 57.8 Å². The zero-order chi connectivity index (χ0) is 112. The summed E-state index contributed by atoms with van der Waals surface area (Å²) in [7, 11) is 0. The first-order chi connectivity index (χ1) is 71.0. The standard InChI is InChI=1S/C97H147N25O28/c1-12-52(8)78(94(147)121-80(54(10)14-3)92(145)113-62(32-35-74(130)131)85(138)116-67(48-123)88(141)118-76(50(4)5)90(143)106-47-70(125)109-63(96(149)150)33-36-75(132)133)117-72(127)45-103-69(124)44-104-81(134)55(11)108-84(137)61(31-34-73(128)129)111-87(140)65(42-58-43-100-49-107-58)110-71(126)46-105-82(135)64(40-56-24-17-15-18-25-56)114-93(146)79(53(9)13-2)120-86(139)60(29-22-38-102-97(98)99)112-89(142)68-30-23-39-122(68)95(148)66(41-57-26-19-16-20-27-57)115-91(144)77(51(6)7)119-83(136)59-28-21-37-101-59/h15-20,24-27,43,49-55,59-68,76-80,101,123H,12-14,21-23,28-42,44-48H2,1-11H3,(H,100,107)(H,103,124)(H,104,134)(H,105,135)(H,106,143)(H,108,137)(H,109,125)(H,110,126)(H,111,140)(H,112,142)(H,113,145)(H,114,146)(H,115,144)(H,116,138)(H,117,127)(H,118,141)(H,119,136)(H,120,139)(H,121,147)(H,128,129)(H,130,131)(H,132,133)(H,149,150)(H4,98,99,102)/t52-,53-,54-,55-,59-,60-,61-,62-,63-,64-,65-,66-,67-,68-,76-,77-,78-,79-,80-/m0/s1. The van der Waals surface area contributed by atoms with Crippen LogP contribution in [0.25, 0.3) is 0 Å². The van der Waals surface area contributed by atoms with E-state index < -0.39 is 334 Å². The Balaban J connectivity index is 1.23. The number of aliphatic carboxylic acids is 4. The molecular formula is C97H147N25O28. The topological polar surface area (TPSA) is 816 Å². The number of guanidine groups is 1. The van der Waals surface area contributed by atoms with Gasteiger partial charge in [-0.3, -0.25) is 111 Å². The van der Waals surface area contributed by atoms with Gasteiger partial charge in [0.1, 0.15) is 90.6 Å². The predicted molar refractivity (Wildman–Crippen MR) is 536 cm³/mol. The van der Waals surface area contributed by atoms with Crippen LogP contribution in [0.1, 0.15) is 189 Å². The van der Waals surface area contributed by atoms with E-state index in [4.69, 9.17) is 16.2 Å². The van der Waals surface area contributed by atoms with Crippen molar-refractivity contribution in [2.24, 2.45) is 35.3 Å². The second kappa shape index (κ2) is 64.0. The maximum atomic E-state index is 14.9. The number of nitrogens with one attached hydrogen (secondary N) is 22. The number of nitrogens with zero attached hydrogens (tertiary/aromatic N) is 2. The summed E-state index contributed by atoms with van der Waals surface area (Å²) < 4.78 is 0. The van der Waals surface area contributed by atoms with Gasteiger partial charge in [0.15, 0.2) is 5.96 Å². The Morgan fingerprint density at radius 1 is 0.407 bits per heavy atom. The Hall–Kier alpha value is -15.3. The fourth-order valence-corrected chi connectivity index (χ4v) is 15.9. The third kappa shape index (κ3) is 43.2. The van der Waals surface area contributed by atoms with Crippen molar-refractivity contribution in [2.45, 2.75) is 288 Å². The minimum absolute atomic E-state index is 0.00508. The van der Waals surface area contributed by atoms with Gasteiger partial charge >= 0.3 is 23.9 Å². The average molecular weight is 2110 g/mol. The van der Waals surface area contributed by atoms with Crippen LogP contribution in [0.5, 0.6) is 0 Å². The highest BCUT2D eigenvalue weighted by Crippen LogP contribution is 2.23. The number of aromatic nitrogens is 2. The molecule has 53 nitrogen and oxygen atoms in total. The Morgan fingerprint density at radius 2 is 0.820 bits per heavy atom. The van der Waals surface area contributed by atoms with Crippen LogP contribution in [0.2, 0.25) is 0 Å². The van der Waals surface area contributed by atoms with E-state index in [-0.39, 0.29) is 82.0 Å². The molecule has 19 atom stereocenters. The van der Waals surface area contributed by atoms with Gasteiger partial charge in [0.2, 0.25) is 112 Å². The lowest BCUT2D eigenvalue weighted by atomic mass is 9.94. The number of hydrogen-bond donors (Lipinski definition) is 28. The first-order valence-electron chi connectivity index (χ1n) is 50.0. The van der Waals surface area contributed by atoms with Gasteiger partial charge in [-0.05, 0) is 112 Å². The van der Waals surface area contributed by atoms with Gasteiger partial charge in [-0.25, -0.2) is 9.78 Å². The molecule has 2 aliphatic heterocycles. The SMILES string of the molecule is CC[C@H](C)[C@H](NC(=O)CNC(=O)CNC(=O)[C@H](C)NC(=O)[C@H](CCC(=O)O)NC(=O)[C@H](Cc1c[nH]cn1)NC(=O)CNC(=O)[C@H](Cc1ccccc1)NC(=O)[C@@H](NC(=O)[C@H](CCCNC(=N)N)NC(=O)[C@@H]1CCCN1C(=O)[C@H](Cc1ccccc1)NC(=O)[C@@H](NC(=O)[C@@H]1CCCN1)C(C)C)[C@@H](C)CC)C(=O)N[C@H](C(=O)N[C@@H](CCC(=O)O)C(=O)N[C@@H](CO)C(=O)N[C@H](C(=O)NCC(=O)N[C@@H](CCC(=O)O)C(=O)O)C(C)C)[C@@H](C)CC. The van der Waals surface area contributed by atoms with Crippen LogP contribution in [0.4, 0.5) is 0 Å². The third-order valence-corrected chi connectivity index (χ3v) is 25.3. The number of carbonyl (C=O) groups excluding carboxylic acids is 19. The summed E-state index contributed by atoms with van der Waals surface area (Å²) in [6.45, 7) is 13.6. The summed E-state index contributed by atoms with van der Waals surface area (Å²) in [6, 6.07) is -5.74. The van der Waals surface area contributed by atoms with Crippen LogP contribution >= 0.6 is 0 Å². The lowest BCUT2D eigenvalue weighted by Crippen LogP contribution is -2.61. The zero-order valence-corrected chi connectivity index (χ0v) is 86.0. The number of nitrogens with two attached hydrogens (primary N) is 1. The molecule has 3 aromatic rings. The van der Waals surface area contributed by atoms with Crippen molar-refractivity contribution < 1.29 is 136 Å². The van der Waals surface area contributed by atoms with Crippen molar-refractivity contribution in [1.82, 2.24) is 121 Å². The molecule has 150 heavy (non-hydrogen) atoms. The molecule has 0 spiro atoms. The Bertz CT molecular complexity index is 5130. The first kappa shape index (κ1) is 125. The van der Waals surface area contributed by atoms with Gasteiger partial charge in [0.05, 0.1) is 50.8 Å². The number of carbonyl (C=O) groups is 23. The summed E-state index contributed by atoms with van der Waals surface area (Å²) >= 11 is 0. The van der Waals surface area contributed by atoms with Gasteiger partial charge in [-0.1, -0.05) is 149 Å². The van der Waals surface area contributed by atoms with Crippen molar-refractivity contribution >= 4 is 142 Å². The zero-order valence-electron chi connectivity index (χ0n) is 86.0. The Labute approximate surface area is 866 Å². The second-order valence-electron chi connectivity index (χ2n) is 37.7. The van der Waals surface area contributed by atoms with Crippen molar-refractivity contribution in [3.05, 3.63) is 90.0 Å². The number of carboxylic acids is 4. The lowest BCUT2D eigenvalue weighted by molar-refractivity contribution is -0.143. The molecule has 19 amide bonds. The fraction of sp³-hybridized carbons (Fsp3) is 0.598. The Kier molecular flexibility index (Phi) is 53.4. The van der Waals surface area contributed by atoms with Gasteiger partial charge in [0.25, 0.3) is 0 Å². The maximum absolute atomic E-state index is 14.9. The minimum atomic E-state index is -1.88. The molecule has 2 aliphatic rings. The van der Waals surface area contributed by atoms with E-state index in [0.29, 0.717) is 30.5 Å². The minimum Gasteiger partial charge on any atom is -0.481 e. The second-order valence-corrected chi connectivity index (χ2v) is 37.7. The molecule has 0 radical (unpaired) electrons. The summed E-state index contributed by atoms with van der Waals surface area (Å²) in [4.78, 5) is 321. The number of benzene rings is 2. The summed E-state index contributed by atoms with van der Waals surface area (Å²) in [5.74, 6) is -27.1. The molecular weight excluding hydrogens is 1960 g/mol. The number of aromatic amines is 1. The molecule has 0 unspecified atom stereocenters. The van der Waals surface area contributed by atoms with Crippen LogP contribution in [-0.4, -0.2) is 332 Å². The van der Waals surface area contributed by atoms with Gasteiger partial charge < -0.3 is 147 Å². The largest absolute Gasteiger partial charge is 0.481 e. The van der Waals surface area contributed by atoms with Crippen LogP contribution in [0.3, 0.4) is 0 Å². The summed E-state index contributed by atoms with van der Waals surface area (Å²) in [6.07, 6.45) is 0.717. The van der Waals surface area contributed by atoms with E-state index in [1.54, 1.807) is 109 Å². The molecule has 2 fully saturated rings. The highest BCUT2D eigenvalue weighted by atomic mass is 16.4. The van der Waals surface area contributed by atoms with Crippen LogP contribution in [-0.2, 0) is 130 Å². The molecule has 2 saturated heterocycles. The molecule has 0 aliphatic carbocycles. The molecule has 5 rings (SSSR count). The van der Waals surface area contributed by atoms with Crippen molar-refractivity contribution in [3.8, 4) is 0 Å². The number of likely N-dealkylation sites (tertiary alicyclic amines) is 1. The van der Waals surface area contributed by atoms with E-state index in [2.05, 4.69) is 116 Å². The van der Waals surface area contributed by atoms with E-state index in [9.17, 15) is 131 Å². The van der Waals surface area contributed by atoms with Crippen molar-refractivity contribution in [3.63, 3.8) is 0 Å². The summed E-state index contributed by atoms with van der Waals surface area (Å²) in [5.41, 5.74) is 6.96. The monoisotopic (exact) mass is 2110 g/mol. The summed E-state index contributed by atoms with van der Waals surface area (Å²) in [5, 5.41) is 106. The maximum Gasteiger partial charge on any atom is 0.326 e.